The van der Waals surface area contributed by atoms with Crippen molar-refractivity contribution in [2.45, 2.75) is 25.8 Å². The molecular formula is C10H20N4S. The van der Waals surface area contributed by atoms with Crippen LogP contribution in [0.5, 0.6) is 0 Å². The van der Waals surface area contributed by atoms with Gasteiger partial charge in [-0.3, -0.25) is 16.0 Å². The first kappa shape index (κ1) is 12.5. The maximum atomic E-state index is 5.50. The number of hydrogen-bond donors (Lipinski definition) is 2. The van der Waals surface area contributed by atoms with Crippen molar-refractivity contribution in [1.29, 1.82) is 0 Å². The first-order chi connectivity index (χ1) is 7.26. The molecule has 3 N–H and O–H groups in total. The number of hydrogen-bond acceptors (Lipinski definition) is 4. The zero-order valence-corrected chi connectivity index (χ0v) is 10.3. The Morgan fingerprint density at radius 2 is 2.47 bits per heavy atom. The van der Waals surface area contributed by atoms with E-state index in [-0.39, 0.29) is 0 Å². The van der Waals surface area contributed by atoms with E-state index in [4.69, 9.17) is 5.84 Å². The van der Waals surface area contributed by atoms with Crippen LogP contribution in [0.1, 0.15) is 18.9 Å². The molecule has 0 aliphatic carbocycles. The van der Waals surface area contributed by atoms with E-state index in [1.54, 1.807) is 0 Å². The van der Waals surface area contributed by atoms with E-state index in [1.807, 2.05) is 29.7 Å². The number of aryl methyl sites for hydroxylation is 2. The number of nitrogens with one attached hydrogen (secondary N) is 1. The van der Waals surface area contributed by atoms with Crippen molar-refractivity contribution in [2.75, 3.05) is 11.5 Å². The molecule has 0 spiro atoms. The Morgan fingerprint density at radius 1 is 1.67 bits per heavy atom. The lowest BCUT2D eigenvalue weighted by Gasteiger charge is -2.14. The number of aromatic nitrogens is 2. The molecule has 1 aromatic rings. The van der Waals surface area contributed by atoms with Crippen molar-refractivity contribution < 1.29 is 0 Å². The summed E-state index contributed by atoms with van der Waals surface area (Å²) in [5.41, 5.74) is 4.14. The van der Waals surface area contributed by atoms with Crippen molar-refractivity contribution >= 4 is 11.8 Å². The zero-order chi connectivity index (χ0) is 11.1. The molecule has 15 heavy (non-hydrogen) atoms. The summed E-state index contributed by atoms with van der Waals surface area (Å²) in [4.78, 5) is 0. The Hall–Kier alpha value is -0.520. The molecule has 5 heteroatoms. The van der Waals surface area contributed by atoms with Crippen LogP contribution >= 0.6 is 11.8 Å². The van der Waals surface area contributed by atoms with Gasteiger partial charge < -0.3 is 0 Å². The molecule has 0 amide bonds. The van der Waals surface area contributed by atoms with Crippen LogP contribution in [0.3, 0.4) is 0 Å². The van der Waals surface area contributed by atoms with Gasteiger partial charge in [0.25, 0.3) is 0 Å². The predicted molar refractivity (Wildman–Crippen MR) is 65.6 cm³/mol. The van der Waals surface area contributed by atoms with E-state index < -0.39 is 0 Å². The summed E-state index contributed by atoms with van der Waals surface area (Å²) in [5.74, 6) is 7.72. The van der Waals surface area contributed by atoms with Crippen LogP contribution in [-0.2, 0) is 13.5 Å². The third-order valence-electron chi connectivity index (χ3n) is 2.30. The molecule has 0 fully saturated rings. The van der Waals surface area contributed by atoms with Crippen LogP contribution in [0.15, 0.2) is 12.4 Å². The first-order valence-corrected chi connectivity index (χ1v) is 6.43. The normalized spacial score (nSPS) is 13.0. The number of hydrazine groups is 1. The Balaban J connectivity index is 2.27. The van der Waals surface area contributed by atoms with Gasteiger partial charge in [0, 0.05) is 25.0 Å². The van der Waals surface area contributed by atoms with Crippen LogP contribution in [0.25, 0.3) is 0 Å². The average Bonchev–Trinajstić information content (AvgIpc) is 2.65. The summed E-state index contributed by atoms with van der Waals surface area (Å²) in [5, 5.41) is 4.14. The van der Waals surface area contributed by atoms with Crippen LogP contribution in [0.2, 0.25) is 0 Å². The molecule has 0 bridgehead atoms. The van der Waals surface area contributed by atoms with Gasteiger partial charge in [0.05, 0.1) is 6.20 Å². The highest BCUT2D eigenvalue weighted by molar-refractivity contribution is 7.99. The molecule has 0 aliphatic heterocycles. The molecule has 0 saturated heterocycles. The largest absolute Gasteiger partial charge is 0.276 e. The van der Waals surface area contributed by atoms with E-state index in [1.165, 1.54) is 5.56 Å². The molecule has 1 aromatic heterocycles. The maximum absolute atomic E-state index is 5.50. The minimum absolute atomic E-state index is 0.398. The van der Waals surface area contributed by atoms with Gasteiger partial charge in [-0.15, -0.1) is 0 Å². The van der Waals surface area contributed by atoms with E-state index in [0.29, 0.717) is 6.04 Å². The third kappa shape index (κ3) is 4.68. The molecule has 1 heterocycles. The fourth-order valence-corrected chi connectivity index (χ4v) is 2.20. The Bertz CT molecular complexity index is 274. The number of thioether (sulfide) groups is 1. The number of nitrogens with zero attached hydrogens (tertiary/aromatic N) is 2. The highest BCUT2D eigenvalue weighted by Crippen LogP contribution is 2.08. The summed E-state index contributed by atoms with van der Waals surface area (Å²) in [6, 6.07) is 0.398. The molecule has 0 saturated carbocycles. The van der Waals surface area contributed by atoms with E-state index in [2.05, 4.69) is 23.6 Å². The molecule has 4 nitrogen and oxygen atoms in total. The second kappa shape index (κ2) is 6.87. The minimum Gasteiger partial charge on any atom is -0.276 e. The molecule has 0 radical (unpaired) electrons. The number of rotatable bonds is 7. The van der Waals surface area contributed by atoms with Crippen molar-refractivity contribution in [3.63, 3.8) is 0 Å². The summed E-state index contributed by atoms with van der Waals surface area (Å²) in [6.07, 6.45) is 6.07. The van der Waals surface area contributed by atoms with E-state index >= 15 is 0 Å². The van der Waals surface area contributed by atoms with Crippen LogP contribution in [-0.4, -0.2) is 27.3 Å². The summed E-state index contributed by atoms with van der Waals surface area (Å²) >= 11 is 1.92. The van der Waals surface area contributed by atoms with Crippen molar-refractivity contribution in [3.8, 4) is 0 Å². The van der Waals surface area contributed by atoms with Crippen molar-refractivity contribution in [1.82, 2.24) is 15.2 Å². The number of nitrogens with two attached hydrogens (primary N) is 1. The van der Waals surface area contributed by atoms with Gasteiger partial charge in [0.1, 0.15) is 0 Å². The molecule has 1 rings (SSSR count). The first-order valence-electron chi connectivity index (χ1n) is 5.27. The van der Waals surface area contributed by atoms with Gasteiger partial charge in [0.2, 0.25) is 0 Å². The molecular weight excluding hydrogens is 208 g/mol. The highest BCUT2D eigenvalue weighted by atomic mass is 32.2. The molecule has 0 aromatic carbocycles. The summed E-state index contributed by atoms with van der Waals surface area (Å²) in [7, 11) is 1.94. The average molecular weight is 228 g/mol. The van der Waals surface area contributed by atoms with E-state index in [0.717, 1.165) is 24.3 Å². The predicted octanol–water partition coefficient (Wildman–Crippen LogP) is 0.938. The van der Waals surface area contributed by atoms with Gasteiger partial charge in [0.15, 0.2) is 0 Å². The highest BCUT2D eigenvalue weighted by Gasteiger charge is 2.06. The lowest BCUT2D eigenvalue weighted by molar-refractivity contribution is 0.539. The topological polar surface area (TPSA) is 55.9 Å². The van der Waals surface area contributed by atoms with Gasteiger partial charge >= 0.3 is 0 Å². The monoisotopic (exact) mass is 228 g/mol. The smallest absolute Gasteiger partial charge is 0.0521 e. The third-order valence-corrected chi connectivity index (χ3v) is 3.35. The molecule has 86 valence electrons. The van der Waals surface area contributed by atoms with Crippen LogP contribution in [0.4, 0.5) is 0 Å². The van der Waals surface area contributed by atoms with Crippen LogP contribution in [0, 0.1) is 0 Å². The zero-order valence-electron chi connectivity index (χ0n) is 9.44. The standard InChI is InChI=1S/C10H20N4S/c1-3-15-8-10(13-11)5-4-9-6-12-14(2)7-9/h6-7,10,13H,3-5,8,11H2,1-2H3. The second-order valence-electron chi connectivity index (χ2n) is 3.58. The Morgan fingerprint density at radius 3 is 3.00 bits per heavy atom. The van der Waals surface area contributed by atoms with Gasteiger partial charge in [-0.2, -0.15) is 16.9 Å². The Labute approximate surface area is 95.6 Å². The lowest BCUT2D eigenvalue weighted by Crippen LogP contribution is -2.37. The second-order valence-corrected chi connectivity index (χ2v) is 4.90. The van der Waals surface area contributed by atoms with Gasteiger partial charge in [-0.1, -0.05) is 6.92 Å². The van der Waals surface area contributed by atoms with Crippen molar-refractivity contribution in [2.24, 2.45) is 12.9 Å². The summed E-state index contributed by atoms with van der Waals surface area (Å²) < 4.78 is 1.83. The quantitative estimate of drug-likeness (QED) is 0.538. The fraction of sp³-hybridized carbons (Fsp3) is 0.700. The fourth-order valence-electron chi connectivity index (χ4n) is 1.42. The molecule has 1 atom stereocenters. The minimum atomic E-state index is 0.398. The lowest BCUT2D eigenvalue weighted by atomic mass is 10.1. The maximum Gasteiger partial charge on any atom is 0.0521 e. The SMILES string of the molecule is CCSCC(CCc1cnn(C)c1)NN. The Kier molecular flexibility index (Phi) is 5.75. The van der Waals surface area contributed by atoms with Gasteiger partial charge in [-0.25, -0.2) is 0 Å². The summed E-state index contributed by atoms with van der Waals surface area (Å²) in [6.45, 7) is 2.17. The van der Waals surface area contributed by atoms with Gasteiger partial charge in [-0.05, 0) is 24.2 Å². The van der Waals surface area contributed by atoms with E-state index in [9.17, 15) is 0 Å². The van der Waals surface area contributed by atoms with Crippen molar-refractivity contribution in [3.05, 3.63) is 18.0 Å². The van der Waals surface area contributed by atoms with Crippen LogP contribution < -0.4 is 11.3 Å². The molecule has 0 aliphatic rings. The molecule has 1 unspecified atom stereocenters.